The van der Waals surface area contributed by atoms with Gasteiger partial charge < -0.3 is 10.1 Å². The smallest absolute Gasteiger partial charge is 0.250 e. The van der Waals surface area contributed by atoms with Gasteiger partial charge in [0.1, 0.15) is 11.6 Å². The van der Waals surface area contributed by atoms with E-state index in [1.807, 2.05) is 0 Å². The van der Waals surface area contributed by atoms with Crippen LogP contribution in [0.4, 0.5) is 0 Å². The monoisotopic (exact) mass is 280 g/mol. The number of aromatic amines is 1. The van der Waals surface area contributed by atoms with Gasteiger partial charge in [0.05, 0.1) is 5.57 Å². The molecule has 0 saturated heterocycles. The van der Waals surface area contributed by atoms with Gasteiger partial charge in [-0.1, -0.05) is 19.1 Å². The number of rotatable bonds is 2. The molecule has 0 fully saturated rings. The molecule has 5 nitrogen and oxygen atoms in total. The van der Waals surface area contributed by atoms with E-state index in [1.54, 1.807) is 13.0 Å². The largest absolute Gasteiger partial charge is 0.509 e. The van der Waals surface area contributed by atoms with Crippen molar-refractivity contribution in [3.63, 3.8) is 0 Å². The lowest BCUT2D eigenvalue weighted by Crippen LogP contribution is -2.36. The molecule has 1 aromatic rings. The number of carbonyl (C=O) groups is 1. The van der Waals surface area contributed by atoms with E-state index < -0.39 is 4.87 Å². The Hall–Kier alpha value is -1.88. The van der Waals surface area contributed by atoms with Gasteiger partial charge in [-0.05, 0) is 6.92 Å². The molecule has 2 unspecified atom stereocenters. The summed E-state index contributed by atoms with van der Waals surface area (Å²) in [6.07, 6.45) is 4.55. The minimum absolute atomic E-state index is 0.120. The zero-order chi connectivity index (χ0) is 14.2. The number of alkyl halides is 1. The van der Waals surface area contributed by atoms with Crippen molar-refractivity contribution in [2.75, 3.05) is 0 Å². The molecule has 19 heavy (non-hydrogen) atoms. The average Bonchev–Trinajstić information content (AvgIpc) is 2.35. The molecular weight excluding hydrogens is 268 g/mol. The Morgan fingerprint density at radius 3 is 2.84 bits per heavy atom. The second-order valence-electron chi connectivity index (χ2n) is 4.46. The maximum absolute atomic E-state index is 11.5. The van der Waals surface area contributed by atoms with Gasteiger partial charge in [-0.15, -0.1) is 11.6 Å². The van der Waals surface area contributed by atoms with Crippen LogP contribution < -0.4 is 5.56 Å². The van der Waals surface area contributed by atoms with Crippen LogP contribution in [0.5, 0.6) is 0 Å². The third-order valence-corrected chi connectivity index (χ3v) is 3.88. The van der Waals surface area contributed by atoms with Crippen LogP contribution in [0, 0.1) is 5.92 Å². The first-order valence-corrected chi connectivity index (χ1v) is 6.12. The highest BCUT2D eigenvalue weighted by atomic mass is 35.5. The number of halogens is 1. The molecule has 2 atom stereocenters. The summed E-state index contributed by atoms with van der Waals surface area (Å²) in [4.78, 5) is 27.9. The van der Waals surface area contributed by atoms with E-state index in [2.05, 4.69) is 9.97 Å². The molecule has 100 valence electrons. The van der Waals surface area contributed by atoms with Gasteiger partial charge >= 0.3 is 0 Å². The van der Waals surface area contributed by atoms with Crippen molar-refractivity contribution in [3.05, 3.63) is 51.9 Å². The van der Waals surface area contributed by atoms with Gasteiger partial charge in [-0.3, -0.25) is 9.59 Å². The van der Waals surface area contributed by atoms with E-state index in [9.17, 15) is 14.7 Å². The number of ketones is 1. The molecule has 0 saturated carbocycles. The highest BCUT2D eigenvalue weighted by molar-refractivity contribution is 6.26. The van der Waals surface area contributed by atoms with Crippen LogP contribution in [0.15, 0.2) is 40.5 Å². The van der Waals surface area contributed by atoms with Crippen LogP contribution in [0.3, 0.4) is 0 Å². The normalized spacial score (nSPS) is 26.6. The number of nitrogens with one attached hydrogen (secondary N) is 1. The summed E-state index contributed by atoms with van der Waals surface area (Å²) in [7, 11) is 0. The molecule has 2 N–H and O–H groups in total. The first-order chi connectivity index (χ1) is 8.87. The zero-order valence-electron chi connectivity index (χ0n) is 10.5. The number of allylic oxidation sites excluding steroid dienone is 4. The average molecular weight is 281 g/mol. The summed E-state index contributed by atoms with van der Waals surface area (Å²) in [6.45, 7) is 3.11. The molecule has 1 aliphatic carbocycles. The predicted molar refractivity (Wildman–Crippen MR) is 71.0 cm³/mol. The Morgan fingerprint density at radius 2 is 2.26 bits per heavy atom. The van der Waals surface area contributed by atoms with Gasteiger partial charge in [0.15, 0.2) is 10.7 Å². The molecule has 0 radical (unpaired) electrons. The summed E-state index contributed by atoms with van der Waals surface area (Å²) in [5.41, 5.74) is -0.247. The predicted octanol–water partition coefficient (Wildman–Crippen LogP) is 1.81. The molecule has 2 rings (SSSR count). The third-order valence-electron chi connectivity index (χ3n) is 3.17. The molecule has 1 aromatic heterocycles. The summed E-state index contributed by atoms with van der Waals surface area (Å²) in [5.74, 6) is -0.799. The zero-order valence-corrected chi connectivity index (χ0v) is 11.2. The maximum atomic E-state index is 11.5. The van der Waals surface area contributed by atoms with Gasteiger partial charge in [0, 0.05) is 18.2 Å². The first-order valence-electron chi connectivity index (χ1n) is 5.75. The summed E-state index contributed by atoms with van der Waals surface area (Å²) in [6, 6.07) is 1.25. The SMILES string of the molecule is CC(=O)C1=C(O)C(Cl)(c2nccc(=O)[nH]2)C(C)C=C1. The van der Waals surface area contributed by atoms with E-state index in [4.69, 9.17) is 11.6 Å². The third kappa shape index (κ3) is 2.10. The number of aromatic nitrogens is 2. The van der Waals surface area contributed by atoms with E-state index in [1.165, 1.54) is 25.3 Å². The summed E-state index contributed by atoms with van der Waals surface area (Å²) >= 11 is 6.47. The van der Waals surface area contributed by atoms with E-state index >= 15 is 0 Å². The number of hydrogen-bond donors (Lipinski definition) is 2. The van der Waals surface area contributed by atoms with Crippen LogP contribution in [0.2, 0.25) is 0 Å². The fourth-order valence-corrected chi connectivity index (χ4v) is 2.30. The van der Waals surface area contributed by atoms with Crippen molar-refractivity contribution >= 4 is 17.4 Å². The molecule has 0 aliphatic heterocycles. The van der Waals surface area contributed by atoms with E-state index in [0.29, 0.717) is 0 Å². The number of hydrogen-bond acceptors (Lipinski definition) is 4. The molecular formula is C13H13ClN2O3. The van der Waals surface area contributed by atoms with Crippen molar-refractivity contribution in [2.24, 2.45) is 5.92 Å². The fraction of sp³-hybridized carbons (Fsp3) is 0.308. The van der Waals surface area contributed by atoms with Gasteiger partial charge in [0.25, 0.3) is 5.56 Å². The lowest BCUT2D eigenvalue weighted by atomic mass is 9.82. The molecule has 1 heterocycles. The Kier molecular flexibility index (Phi) is 3.32. The van der Waals surface area contributed by atoms with Crippen molar-refractivity contribution in [2.45, 2.75) is 18.7 Å². The summed E-state index contributed by atoms with van der Waals surface area (Å²) < 4.78 is 0. The Balaban J connectivity index is 2.67. The highest BCUT2D eigenvalue weighted by Gasteiger charge is 2.45. The van der Waals surface area contributed by atoms with Crippen molar-refractivity contribution in [1.82, 2.24) is 9.97 Å². The number of aliphatic hydroxyl groups excluding tert-OH is 1. The lowest BCUT2D eigenvalue weighted by Gasteiger charge is -2.33. The standard InChI is InChI=1S/C13H13ClN2O3/c1-7-3-4-9(8(2)17)11(19)13(7,14)12-15-6-5-10(18)16-12/h3-7,19H,1-2H3,(H,15,16,18). The Labute approximate surface area is 114 Å². The molecule has 0 bridgehead atoms. The van der Waals surface area contributed by atoms with Crippen molar-refractivity contribution < 1.29 is 9.90 Å². The van der Waals surface area contributed by atoms with Crippen LogP contribution in [0.1, 0.15) is 19.7 Å². The number of Topliss-reactive ketones (excluding diaryl/α,β-unsaturated/α-hetero) is 1. The van der Waals surface area contributed by atoms with Gasteiger partial charge in [-0.2, -0.15) is 0 Å². The van der Waals surface area contributed by atoms with Crippen LogP contribution in [0.25, 0.3) is 0 Å². The van der Waals surface area contributed by atoms with Crippen LogP contribution in [-0.2, 0) is 9.67 Å². The quantitative estimate of drug-likeness (QED) is 0.809. The van der Waals surface area contributed by atoms with Gasteiger partial charge in [-0.25, -0.2) is 4.98 Å². The molecule has 0 spiro atoms. The van der Waals surface area contributed by atoms with Crippen molar-refractivity contribution in [1.29, 1.82) is 0 Å². The minimum Gasteiger partial charge on any atom is -0.509 e. The van der Waals surface area contributed by atoms with E-state index in [-0.39, 0.29) is 34.4 Å². The number of aliphatic hydroxyl groups is 1. The minimum atomic E-state index is -1.43. The van der Waals surface area contributed by atoms with Crippen LogP contribution >= 0.6 is 11.6 Å². The van der Waals surface area contributed by atoms with Crippen molar-refractivity contribution in [3.8, 4) is 0 Å². The fourth-order valence-electron chi connectivity index (χ4n) is 2.03. The highest BCUT2D eigenvalue weighted by Crippen LogP contribution is 2.45. The second kappa shape index (κ2) is 4.66. The van der Waals surface area contributed by atoms with Crippen LogP contribution in [-0.4, -0.2) is 20.9 Å². The maximum Gasteiger partial charge on any atom is 0.250 e. The molecule has 6 heteroatoms. The first kappa shape index (κ1) is 13.5. The molecule has 1 aliphatic rings. The topological polar surface area (TPSA) is 83.0 Å². The number of nitrogens with zero attached hydrogens (tertiary/aromatic N) is 1. The summed E-state index contributed by atoms with van der Waals surface area (Å²) in [5, 5.41) is 10.3. The lowest BCUT2D eigenvalue weighted by molar-refractivity contribution is -0.113. The van der Waals surface area contributed by atoms with E-state index in [0.717, 1.165) is 0 Å². The Bertz CT molecular complexity index is 647. The number of carbonyl (C=O) groups excluding carboxylic acids is 1. The molecule has 0 aromatic carbocycles. The Morgan fingerprint density at radius 1 is 1.58 bits per heavy atom. The van der Waals surface area contributed by atoms with Gasteiger partial charge in [0.2, 0.25) is 0 Å². The second-order valence-corrected chi connectivity index (χ2v) is 5.06. The number of H-pyrrole nitrogens is 1. The molecule has 0 amide bonds.